The maximum atomic E-state index is 9.10. The summed E-state index contributed by atoms with van der Waals surface area (Å²) in [7, 11) is 0. The third-order valence-electron chi connectivity index (χ3n) is 2.49. The van der Waals surface area contributed by atoms with Gasteiger partial charge in [-0.2, -0.15) is 0 Å². The van der Waals surface area contributed by atoms with Crippen molar-refractivity contribution < 1.29 is 9.84 Å². The highest BCUT2D eigenvalue weighted by atomic mass is 16.6. The summed E-state index contributed by atoms with van der Waals surface area (Å²) in [5, 5.41) is 9.10. The number of aliphatic hydroxyl groups excluding tert-OH is 1. The van der Waals surface area contributed by atoms with Gasteiger partial charge in [0.2, 0.25) is 0 Å². The first-order valence-electron chi connectivity index (χ1n) is 4.95. The molecule has 0 amide bonds. The second-order valence-electron chi connectivity index (χ2n) is 4.50. The van der Waals surface area contributed by atoms with Crippen LogP contribution >= 0.6 is 0 Å². The lowest BCUT2D eigenvalue weighted by Crippen LogP contribution is -2.03. The van der Waals surface area contributed by atoms with E-state index in [1.807, 2.05) is 6.08 Å². The molecule has 13 heavy (non-hydrogen) atoms. The summed E-state index contributed by atoms with van der Waals surface area (Å²) in [5.74, 6) is 0. The van der Waals surface area contributed by atoms with Crippen molar-refractivity contribution in [1.29, 1.82) is 0 Å². The van der Waals surface area contributed by atoms with Crippen LogP contribution in [0, 0.1) is 0 Å². The lowest BCUT2D eigenvalue weighted by Gasteiger charge is -2.02. The minimum atomic E-state index is -0.326. The van der Waals surface area contributed by atoms with Crippen molar-refractivity contribution in [3.05, 3.63) is 11.6 Å². The Hall–Kier alpha value is -0.340. The zero-order chi connectivity index (χ0) is 10.1. The molecule has 1 aliphatic heterocycles. The van der Waals surface area contributed by atoms with E-state index < -0.39 is 0 Å². The first-order valence-corrected chi connectivity index (χ1v) is 4.95. The molecule has 1 aliphatic rings. The van der Waals surface area contributed by atoms with Gasteiger partial charge in [0.05, 0.1) is 17.8 Å². The highest BCUT2D eigenvalue weighted by molar-refractivity contribution is 5.04. The van der Waals surface area contributed by atoms with Crippen molar-refractivity contribution in [3.8, 4) is 0 Å². The van der Waals surface area contributed by atoms with Crippen LogP contribution in [0.2, 0.25) is 0 Å². The Balaban J connectivity index is 2.20. The smallest absolute Gasteiger partial charge is 0.0892 e. The van der Waals surface area contributed by atoms with E-state index in [1.54, 1.807) is 6.92 Å². The van der Waals surface area contributed by atoms with Crippen molar-refractivity contribution in [2.75, 3.05) is 0 Å². The topological polar surface area (TPSA) is 32.8 Å². The van der Waals surface area contributed by atoms with Crippen LogP contribution in [-0.2, 0) is 4.74 Å². The minimum absolute atomic E-state index is 0.102. The zero-order valence-corrected chi connectivity index (χ0v) is 9.00. The van der Waals surface area contributed by atoms with E-state index in [1.165, 1.54) is 5.57 Å². The third kappa shape index (κ3) is 3.49. The van der Waals surface area contributed by atoms with Gasteiger partial charge in [-0.25, -0.2) is 0 Å². The maximum absolute atomic E-state index is 9.10. The van der Waals surface area contributed by atoms with E-state index in [4.69, 9.17) is 9.84 Å². The molecular weight excluding hydrogens is 164 g/mol. The van der Waals surface area contributed by atoms with E-state index in [2.05, 4.69) is 20.8 Å². The molecule has 0 aromatic rings. The lowest BCUT2D eigenvalue weighted by atomic mass is 10.0. The van der Waals surface area contributed by atoms with Crippen molar-refractivity contribution in [3.63, 3.8) is 0 Å². The summed E-state index contributed by atoms with van der Waals surface area (Å²) in [6, 6.07) is 0. The quantitative estimate of drug-likeness (QED) is 0.537. The van der Waals surface area contributed by atoms with Gasteiger partial charge in [-0.05, 0) is 40.5 Å². The van der Waals surface area contributed by atoms with Gasteiger partial charge in [0, 0.05) is 0 Å². The average molecular weight is 184 g/mol. The molecule has 1 unspecified atom stereocenters. The number of rotatable bonds is 4. The summed E-state index contributed by atoms with van der Waals surface area (Å²) in [4.78, 5) is 0. The molecule has 0 spiro atoms. The molecule has 1 heterocycles. The van der Waals surface area contributed by atoms with Gasteiger partial charge in [-0.1, -0.05) is 11.6 Å². The first-order chi connectivity index (χ1) is 5.92. The summed E-state index contributed by atoms with van der Waals surface area (Å²) in [6.45, 7) is 8.07. The normalized spacial score (nSPS) is 28.7. The van der Waals surface area contributed by atoms with Crippen LogP contribution in [-0.4, -0.2) is 22.9 Å². The molecule has 2 nitrogen and oxygen atoms in total. The van der Waals surface area contributed by atoms with Gasteiger partial charge < -0.3 is 9.84 Å². The fraction of sp³-hybridized carbons (Fsp3) is 0.818. The molecule has 76 valence electrons. The molecule has 1 fully saturated rings. The van der Waals surface area contributed by atoms with Crippen molar-refractivity contribution in [1.82, 2.24) is 0 Å². The van der Waals surface area contributed by atoms with Crippen LogP contribution in [0.1, 0.15) is 40.5 Å². The predicted molar refractivity (Wildman–Crippen MR) is 53.6 cm³/mol. The van der Waals surface area contributed by atoms with Crippen molar-refractivity contribution >= 4 is 0 Å². The van der Waals surface area contributed by atoms with Crippen LogP contribution in [0.4, 0.5) is 0 Å². The van der Waals surface area contributed by atoms with E-state index in [9.17, 15) is 0 Å². The Morgan fingerprint density at radius 3 is 2.54 bits per heavy atom. The number of epoxide rings is 1. The van der Waals surface area contributed by atoms with Gasteiger partial charge in [-0.3, -0.25) is 0 Å². The second-order valence-corrected chi connectivity index (χ2v) is 4.50. The Kier molecular flexibility index (Phi) is 3.14. The molecule has 0 bridgehead atoms. The van der Waals surface area contributed by atoms with E-state index in [-0.39, 0.29) is 11.7 Å². The second kappa shape index (κ2) is 3.81. The minimum Gasteiger partial charge on any atom is -0.389 e. The fourth-order valence-electron chi connectivity index (χ4n) is 1.59. The van der Waals surface area contributed by atoms with Crippen LogP contribution in [0.15, 0.2) is 11.6 Å². The Labute approximate surface area is 80.6 Å². The Morgan fingerprint density at radius 1 is 1.62 bits per heavy atom. The number of hydrogen-bond donors (Lipinski definition) is 1. The molecule has 2 atom stereocenters. The van der Waals surface area contributed by atoms with Crippen molar-refractivity contribution in [2.45, 2.75) is 58.3 Å². The lowest BCUT2D eigenvalue weighted by molar-refractivity contribution is 0.242. The number of allylic oxidation sites excluding steroid dienone is 1. The molecule has 0 radical (unpaired) electrons. The first kappa shape index (κ1) is 10.7. The standard InChI is InChI=1S/C11H20O2/c1-8(7-9(2)12)5-6-10-11(3,4)13-10/h7,9-10,12H,5-6H2,1-4H3/b8-7+/t9?,10-/m1/s1. The summed E-state index contributed by atoms with van der Waals surface area (Å²) < 4.78 is 5.47. The van der Waals surface area contributed by atoms with Crippen LogP contribution < -0.4 is 0 Å². The van der Waals surface area contributed by atoms with Gasteiger partial charge in [0.15, 0.2) is 0 Å². The van der Waals surface area contributed by atoms with E-state index in [0.717, 1.165) is 12.8 Å². The Morgan fingerprint density at radius 2 is 2.15 bits per heavy atom. The van der Waals surface area contributed by atoms with E-state index in [0.29, 0.717) is 6.10 Å². The van der Waals surface area contributed by atoms with Gasteiger partial charge in [-0.15, -0.1) is 0 Å². The van der Waals surface area contributed by atoms with Crippen LogP contribution in [0.5, 0.6) is 0 Å². The molecule has 1 saturated heterocycles. The summed E-state index contributed by atoms with van der Waals surface area (Å²) in [6.07, 6.45) is 4.09. The zero-order valence-electron chi connectivity index (χ0n) is 9.00. The highest BCUT2D eigenvalue weighted by Crippen LogP contribution is 2.38. The highest BCUT2D eigenvalue weighted by Gasteiger charge is 2.46. The monoisotopic (exact) mass is 184 g/mol. The average Bonchev–Trinajstić information content (AvgIpc) is 2.53. The van der Waals surface area contributed by atoms with Gasteiger partial charge >= 0.3 is 0 Å². The molecule has 0 aromatic heterocycles. The van der Waals surface area contributed by atoms with Crippen LogP contribution in [0.25, 0.3) is 0 Å². The van der Waals surface area contributed by atoms with Crippen molar-refractivity contribution in [2.24, 2.45) is 0 Å². The van der Waals surface area contributed by atoms with E-state index >= 15 is 0 Å². The Bertz CT molecular complexity index is 204. The molecule has 1 N–H and O–H groups in total. The fourth-order valence-corrected chi connectivity index (χ4v) is 1.59. The summed E-state index contributed by atoms with van der Waals surface area (Å²) >= 11 is 0. The number of ether oxygens (including phenoxy) is 1. The van der Waals surface area contributed by atoms with Gasteiger partial charge in [0.25, 0.3) is 0 Å². The van der Waals surface area contributed by atoms with Gasteiger partial charge in [0.1, 0.15) is 0 Å². The third-order valence-corrected chi connectivity index (χ3v) is 2.49. The molecule has 0 saturated carbocycles. The largest absolute Gasteiger partial charge is 0.389 e. The number of hydrogen-bond acceptors (Lipinski definition) is 2. The molecule has 2 heteroatoms. The van der Waals surface area contributed by atoms with Crippen LogP contribution in [0.3, 0.4) is 0 Å². The SMILES string of the molecule is C/C(=C\C(C)O)CC[C@H]1OC1(C)C. The predicted octanol–water partition coefficient (Wildman–Crippen LogP) is 2.27. The molecule has 0 aromatic carbocycles. The number of aliphatic hydroxyl groups is 1. The molecule has 0 aliphatic carbocycles. The molecular formula is C11H20O2. The summed E-state index contributed by atoms with van der Waals surface area (Å²) in [5.41, 5.74) is 1.35. The molecule has 1 rings (SSSR count). The maximum Gasteiger partial charge on any atom is 0.0892 e.